The Balaban J connectivity index is 1.30. The van der Waals surface area contributed by atoms with Gasteiger partial charge in [-0.3, -0.25) is 10.1 Å². The molecule has 0 saturated heterocycles. The number of rotatable bonds is 5. The number of aromatic nitrogens is 1. The van der Waals surface area contributed by atoms with Gasteiger partial charge in [0.1, 0.15) is 16.5 Å². The Kier molecular flexibility index (Phi) is 8.04. The van der Waals surface area contributed by atoms with Crippen molar-refractivity contribution in [3.05, 3.63) is 98.7 Å². The number of para-hydroxylation sites is 1. The molecule has 0 radical (unpaired) electrons. The molecule has 0 aliphatic rings. The van der Waals surface area contributed by atoms with Crippen LogP contribution in [0.4, 0.5) is 5.69 Å². The SMILES string of the molecule is O=C(/C=C/c1ccc(-c2cccc(Cl)c2Cl)o1)NC(=S)Nc1c(Cl)cc(Cl)cc1-c1nc2ccccc2s1. The molecule has 0 aliphatic carbocycles. The van der Waals surface area contributed by atoms with Crippen LogP contribution in [0.15, 0.2) is 77.2 Å². The summed E-state index contributed by atoms with van der Waals surface area (Å²) in [6, 6.07) is 19.8. The molecule has 3 aromatic carbocycles. The number of amides is 1. The molecule has 5 rings (SSSR count). The molecule has 11 heteroatoms. The van der Waals surface area contributed by atoms with E-state index in [1.54, 1.807) is 42.5 Å². The molecular formula is C27H15Cl4N3O2S2. The Morgan fingerprint density at radius 1 is 0.947 bits per heavy atom. The van der Waals surface area contributed by atoms with Crippen LogP contribution in [-0.4, -0.2) is 16.0 Å². The zero-order valence-electron chi connectivity index (χ0n) is 19.1. The number of nitrogens with one attached hydrogen (secondary N) is 2. The third-order valence-corrected chi connectivity index (χ3v) is 7.91. The number of benzene rings is 3. The lowest BCUT2D eigenvalue weighted by Crippen LogP contribution is -2.33. The predicted octanol–water partition coefficient (Wildman–Crippen LogP) is 9.36. The lowest BCUT2D eigenvalue weighted by molar-refractivity contribution is -0.115. The van der Waals surface area contributed by atoms with E-state index in [1.807, 2.05) is 24.3 Å². The summed E-state index contributed by atoms with van der Waals surface area (Å²) in [5, 5.41) is 7.97. The van der Waals surface area contributed by atoms with Crippen LogP contribution in [0.25, 0.3) is 38.2 Å². The number of hydrogen-bond acceptors (Lipinski definition) is 5. The summed E-state index contributed by atoms with van der Waals surface area (Å²) < 4.78 is 6.80. The van der Waals surface area contributed by atoms with Crippen LogP contribution >= 0.6 is 70.0 Å². The zero-order chi connectivity index (χ0) is 26.8. The maximum Gasteiger partial charge on any atom is 0.250 e. The van der Waals surface area contributed by atoms with Crippen molar-refractivity contribution in [1.29, 1.82) is 0 Å². The first-order valence-corrected chi connectivity index (χ1v) is 13.7. The highest BCUT2D eigenvalue weighted by Gasteiger charge is 2.17. The topological polar surface area (TPSA) is 67.2 Å². The van der Waals surface area contributed by atoms with Crippen LogP contribution in [-0.2, 0) is 4.79 Å². The number of furan rings is 1. The molecule has 0 atom stereocenters. The number of anilines is 1. The van der Waals surface area contributed by atoms with Gasteiger partial charge < -0.3 is 9.73 Å². The van der Waals surface area contributed by atoms with Gasteiger partial charge in [0.25, 0.3) is 0 Å². The van der Waals surface area contributed by atoms with Gasteiger partial charge in [-0.25, -0.2) is 4.98 Å². The first-order valence-electron chi connectivity index (χ1n) is 11.0. The standard InChI is InChI=1S/C27H15Cl4N3O2S2/c28-14-12-17(26-32-20-6-1-2-7-22(20)38-26)25(19(30)13-14)34-27(37)33-23(35)11-9-15-8-10-21(36-15)16-4-3-5-18(29)24(16)31/h1-13H,(H2,33,34,35,37)/b11-9+. The van der Waals surface area contributed by atoms with Crippen LogP contribution in [0.5, 0.6) is 0 Å². The van der Waals surface area contributed by atoms with Crippen molar-refractivity contribution in [3.63, 3.8) is 0 Å². The number of halogens is 4. The second-order valence-electron chi connectivity index (χ2n) is 7.88. The average molecular weight is 619 g/mol. The fourth-order valence-corrected chi connectivity index (χ4v) is 5.72. The molecule has 5 aromatic rings. The maximum atomic E-state index is 12.5. The molecule has 1 amide bonds. The fraction of sp³-hybridized carbons (Fsp3) is 0. The van der Waals surface area contributed by atoms with Gasteiger partial charge in [-0.05, 0) is 66.8 Å². The summed E-state index contributed by atoms with van der Waals surface area (Å²) in [7, 11) is 0. The molecule has 2 aromatic heterocycles. The molecular weight excluding hydrogens is 604 g/mol. The van der Waals surface area contributed by atoms with Crippen molar-refractivity contribution in [2.45, 2.75) is 0 Å². The second-order valence-corrected chi connectivity index (χ2v) is 10.9. The van der Waals surface area contributed by atoms with E-state index in [0.29, 0.717) is 53.4 Å². The lowest BCUT2D eigenvalue weighted by Gasteiger charge is -2.14. The van der Waals surface area contributed by atoms with Crippen molar-refractivity contribution < 1.29 is 9.21 Å². The number of nitrogens with zero attached hydrogens (tertiary/aromatic N) is 1. The van der Waals surface area contributed by atoms with Gasteiger partial charge in [-0.15, -0.1) is 11.3 Å². The second kappa shape index (κ2) is 11.5. The number of fused-ring (bicyclic) bond motifs is 1. The number of carbonyl (C=O) groups excluding carboxylic acids is 1. The van der Waals surface area contributed by atoms with Gasteiger partial charge in [0.05, 0.1) is 31.0 Å². The normalized spacial score (nSPS) is 11.3. The van der Waals surface area contributed by atoms with E-state index in [0.717, 1.165) is 10.2 Å². The van der Waals surface area contributed by atoms with Crippen molar-refractivity contribution in [3.8, 4) is 21.9 Å². The summed E-state index contributed by atoms with van der Waals surface area (Å²) in [5.74, 6) is 0.506. The molecule has 0 saturated carbocycles. The van der Waals surface area contributed by atoms with Crippen molar-refractivity contribution in [2.75, 3.05) is 5.32 Å². The number of carbonyl (C=O) groups is 1. The highest BCUT2D eigenvalue weighted by molar-refractivity contribution is 7.80. The first-order chi connectivity index (χ1) is 18.3. The Morgan fingerprint density at radius 2 is 1.76 bits per heavy atom. The van der Waals surface area contributed by atoms with Crippen LogP contribution in [0, 0.1) is 0 Å². The highest BCUT2D eigenvalue weighted by atomic mass is 35.5. The number of thiazole rings is 1. The summed E-state index contributed by atoms with van der Waals surface area (Å²) in [6.07, 6.45) is 2.82. The third-order valence-electron chi connectivity index (χ3n) is 5.30. The van der Waals surface area contributed by atoms with E-state index in [2.05, 4.69) is 15.6 Å². The van der Waals surface area contributed by atoms with Gasteiger partial charge in [0, 0.05) is 22.2 Å². The summed E-state index contributed by atoms with van der Waals surface area (Å²) in [6.45, 7) is 0. The molecule has 190 valence electrons. The molecule has 38 heavy (non-hydrogen) atoms. The molecule has 0 spiro atoms. The van der Waals surface area contributed by atoms with E-state index < -0.39 is 5.91 Å². The summed E-state index contributed by atoms with van der Waals surface area (Å²) in [4.78, 5) is 17.2. The molecule has 5 nitrogen and oxygen atoms in total. The van der Waals surface area contributed by atoms with E-state index in [9.17, 15) is 4.79 Å². The van der Waals surface area contributed by atoms with Crippen molar-refractivity contribution in [1.82, 2.24) is 10.3 Å². The summed E-state index contributed by atoms with van der Waals surface area (Å²) in [5.41, 5.74) is 2.66. The van der Waals surface area contributed by atoms with Gasteiger partial charge in [0.2, 0.25) is 5.91 Å². The molecule has 0 unspecified atom stereocenters. The minimum atomic E-state index is -0.465. The quantitative estimate of drug-likeness (QED) is 0.152. The van der Waals surface area contributed by atoms with Gasteiger partial charge in [-0.1, -0.05) is 64.6 Å². The predicted molar refractivity (Wildman–Crippen MR) is 163 cm³/mol. The van der Waals surface area contributed by atoms with Gasteiger partial charge in [-0.2, -0.15) is 0 Å². The largest absolute Gasteiger partial charge is 0.457 e. The van der Waals surface area contributed by atoms with Crippen LogP contribution < -0.4 is 10.6 Å². The van der Waals surface area contributed by atoms with Gasteiger partial charge in [0.15, 0.2) is 5.11 Å². The highest BCUT2D eigenvalue weighted by Crippen LogP contribution is 2.40. The van der Waals surface area contributed by atoms with E-state index in [-0.39, 0.29) is 5.11 Å². The smallest absolute Gasteiger partial charge is 0.250 e. The minimum Gasteiger partial charge on any atom is -0.457 e. The average Bonchev–Trinajstić information content (AvgIpc) is 3.53. The maximum absolute atomic E-state index is 12.5. The zero-order valence-corrected chi connectivity index (χ0v) is 23.8. The van der Waals surface area contributed by atoms with E-state index in [1.165, 1.54) is 23.5 Å². The van der Waals surface area contributed by atoms with E-state index in [4.69, 9.17) is 63.0 Å². The van der Waals surface area contributed by atoms with Crippen LogP contribution in [0.2, 0.25) is 20.1 Å². The Labute approximate surface area is 247 Å². The fourth-order valence-electron chi connectivity index (χ4n) is 3.59. The number of thiocarbonyl (C=S) groups is 1. The number of hydrogen-bond donors (Lipinski definition) is 2. The van der Waals surface area contributed by atoms with Crippen molar-refractivity contribution in [2.24, 2.45) is 0 Å². The molecule has 2 heterocycles. The third kappa shape index (κ3) is 5.89. The molecule has 0 bridgehead atoms. The van der Waals surface area contributed by atoms with Gasteiger partial charge >= 0.3 is 0 Å². The summed E-state index contributed by atoms with van der Waals surface area (Å²) >= 11 is 32.0. The van der Waals surface area contributed by atoms with Crippen LogP contribution in [0.1, 0.15) is 5.76 Å². The first kappa shape index (κ1) is 26.7. The Bertz CT molecular complexity index is 1700. The monoisotopic (exact) mass is 617 g/mol. The molecule has 0 fully saturated rings. The molecule has 2 N–H and O–H groups in total. The van der Waals surface area contributed by atoms with Crippen molar-refractivity contribution >= 4 is 103 Å². The van der Waals surface area contributed by atoms with E-state index >= 15 is 0 Å². The minimum absolute atomic E-state index is 0.0528. The molecule has 0 aliphatic heterocycles. The lowest BCUT2D eigenvalue weighted by atomic mass is 10.2. The Hall–Kier alpha value is -2.91. The van der Waals surface area contributed by atoms with Crippen LogP contribution in [0.3, 0.4) is 0 Å². The Morgan fingerprint density at radius 3 is 2.58 bits per heavy atom.